The maximum absolute atomic E-state index is 12.2. The first kappa shape index (κ1) is 15.7. The highest BCUT2D eigenvalue weighted by molar-refractivity contribution is 5.74. The zero-order chi connectivity index (χ0) is 15.3. The van der Waals surface area contributed by atoms with Crippen LogP contribution in [-0.2, 0) is 0 Å². The van der Waals surface area contributed by atoms with Gasteiger partial charge in [-0.1, -0.05) is 39.0 Å². The predicted octanol–water partition coefficient (Wildman–Crippen LogP) is 3.29. The van der Waals surface area contributed by atoms with Crippen LogP contribution in [0.15, 0.2) is 30.3 Å². The highest BCUT2D eigenvalue weighted by Gasteiger charge is 2.25. The molecule has 2 amide bonds. The fourth-order valence-corrected chi connectivity index (χ4v) is 2.36. The van der Waals surface area contributed by atoms with Gasteiger partial charge in [0.2, 0.25) is 0 Å². The lowest BCUT2D eigenvalue weighted by atomic mass is 9.97. The number of amides is 2. The number of piperidine rings is 1. The lowest BCUT2D eigenvalue weighted by Gasteiger charge is -2.33. The third-order valence-electron chi connectivity index (χ3n) is 3.48. The van der Waals surface area contributed by atoms with Gasteiger partial charge in [0.15, 0.2) is 0 Å². The number of hydrogen-bond acceptors (Lipinski definition) is 2. The Kier molecular flexibility index (Phi) is 5.10. The van der Waals surface area contributed by atoms with E-state index in [1.54, 1.807) is 0 Å². The van der Waals surface area contributed by atoms with Gasteiger partial charge in [-0.05, 0) is 30.4 Å². The Hall–Kier alpha value is -1.71. The third kappa shape index (κ3) is 5.29. The predicted molar refractivity (Wildman–Crippen MR) is 84.5 cm³/mol. The number of rotatable bonds is 3. The summed E-state index contributed by atoms with van der Waals surface area (Å²) in [4.78, 5) is 14.1. The largest absolute Gasteiger partial charge is 0.489 e. The van der Waals surface area contributed by atoms with Gasteiger partial charge in [0.25, 0.3) is 0 Å². The van der Waals surface area contributed by atoms with E-state index < -0.39 is 0 Å². The molecule has 116 valence electrons. The van der Waals surface area contributed by atoms with E-state index >= 15 is 0 Å². The van der Waals surface area contributed by atoms with Gasteiger partial charge in [-0.2, -0.15) is 0 Å². The molecule has 1 aromatic rings. The first-order valence-corrected chi connectivity index (χ1v) is 7.68. The maximum Gasteiger partial charge on any atom is 0.317 e. The molecule has 1 fully saturated rings. The smallest absolute Gasteiger partial charge is 0.317 e. The molecule has 0 radical (unpaired) electrons. The quantitative estimate of drug-likeness (QED) is 0.928. The van der Waals surface area contributed by atoms with Gasteiger partial charge in [-0.25, -0.2) is 4.79 Å². The topological polar surface area (TPSA) is 41.6 Å². The van der Waals surface area contributed by atoms with Crippen molar-refractivity contribution in [3.63, 3.8) is 0 Å². The Morgan fingerprint density at radius 3 is 2.71 bits per heavy atom. The fraction of sp³-hybridized carbons (Fsp3) is 0.588. The van der Waals surface area contributed by atoms with Crippen molar-refractivity contribution in [3.8, 4) is 5.75 Å². The molecule has 4 heteroatoms. The van der Waals surface area contributed by atoms with Crippen molar-refractivity contribution in [2.75, 3.05) is 19.6 Å². The van der Waals surface area contributed by atoms with Crippen LogP contribution in [0.5, 0.6) is 5.75 Å². The number of nitrogens with one attached hydrogen (secondary N) is 1. The Balaban J connectivity index is 1.84. The van der Waals surface area contributed by atoms with E-state index in [4.69, 9.17) is 4.74 Å². The van der Waals surface area contributed by atoms with E-state index in [-0.39, 0.29) is 17.6 Å². The molecule has 1 unspecified atom stereocenters. The van der Waals surface area contributed by atoms with E-state index in [9.17, 15) is 4.79 Å². The van der Waals surface area contributed by atoms with Crippen LogP contribution in [0.3, 0.4) is 0 Å². The second kappa shape index (κ2) is 6.83. The van der Waals surface area contributed by atoms with E-state index in [2.05, 4.69) is 26.1 Å². The number of carbonyl (C=O) groups is 1. The lowest BCUT2D eigenvalue weighted by molar-refractivity contribution is 0.100. The molecule has 0 aromatic heterocycles. The molecular weight excluding hydrogens is 264 g/mol. The molecular formula is C17H26N2O2. The summed E-state index contributed by atoms with van der Waals surface area (Å²) >= 11 is 0. The zero-order valence-corrected chi connectivity index (χ0v) is 13.3. The molecule has 2 rings (SSSR count). The molecule has 0 spiro atoms. The second-order valence-corrected chi connectivity index (χ2v) is 6.86. The van der Waals surface area contributed by atoms with Crippen molar-refractivity contribution in [3.05, 3.63) is 30.3 Å². The van der Waals surface area contributed by atoms with E-state index in [1.807, 2.05) is 35.2 Å². The average Bonchev–Trinajstić information content (AvgIpc) is 2.45. The van der Waals surface area contributed by atoms with E-state index in [0.717, 1.165) is 25.1 Å². The summed E-state index contributed by atoms with van der Waals surface area (Å²) in [5.74, 6) is 0.874. The van der Waals surface area contributed by atoms with Crippen LogP contribution >= 0.6 is 0 Å². The van der Waals surface area contributed by atoms with Crippen LogP contribution in [0, 0.1) is 5.41 Å². The number of carbonyl (C=O) groups excluding carboxylic acids is 1. The minimum atomic E-state index is 0.0197. The summed E-state index contributed by atoms with van der Waals surface area (Å²) in [5, 5.41) is 3.01. The molecule has 4 nitrogen and oxygen atoms in total. The Morgan fingerprint density at radius 1 is 1.33 bits per heavy atom. The standard InChI is InChI=1S/C17H26N2O2/c1-17(2,3)13-18-16(20)19-11-7-10-15(12-19)21-14-8-5-4-6-9-14/h4-6,8-9,15H,7,10-13H2,1-3H3,(H,18,20). The molecule has 1 saturated heterocycles. The van der Waals surface area contributed by atoms with Crippen molar-refractivity contribution in [1.82, 2.24) is 10.2 Å². The molecule has 21 heavy (non-hydrogen) atoms. The minimum Gasteiger partial charge on any atom is -0.489 e. The van der Waals surface area contributed by atoms with Gasteiger partial charge in [-0.3, -0.25) is 0 Å². The number of hydrogen-bond donors (Lipinski definition) is 1. The maximum atomic E-state index is 12.2. The summed E-state index contributed by atoms with van der Waals surface area (Å²) in [6.07, 6.45) is 2.07. The van der Waals surface area contributed by atoms with Crippen LogP contribution in [0.1, 0.15) is 33.6 Å². The Labute approximate surface area is 127 Å². The van der Waals surface area contributed by atoms with Crippen LogP contribution in [-0.4, -0.2) is 36.7 Å². The van der Waals surface area contributed by atoms with Crippen molar-refractivity contribution < 1.29 is 9.53 Å². The Bertz CT molecular complexity index is 454. The summed E-state index contributed by atoms with van der Waals surface area (Å²) in [6, 6.07) is 9.83. The molecule has 1 N–H and O–H groups in total. The minimum absolute atomic E-state index is 0.0197. The van der Waals surface area contributed by atoms with Crippen molar-refractivity contribution in [2.45, 2.75) is 39.7 Å². The summed E-state index contributed by atoms with van der Waals surface area (Å²) in [6.45, 7) is 8.50. The fourth-order valence-electron chi connectivity index (χ4n) is 2.36. The van der Waals surface area contributed by atoms with Crippen LogP contribution in [0.4, 0.5) is 4.79 Å². The molecule has 0 aliphatic carbocycles. The molecule has 0 saturated carbocycles. The number of ether oxygens (including phenoxy) is 1. The van der Waals surface area contributed by atoms with Crippen molar-refractivity contribution >= 4 is 6.03 Å². The van der Waals surface area contributed by atoms with Gasteiger partial charge in [-0.15, -0.1) is 0 Å². The van der Waals surface area contributed by atoms with Crippen LogP contribution in [0.25, 0.3) is 0 Å². The normalized spacial score (nSPS) is 19.2. The van der Waals surface area contributed by atoms with E-state index in [0.29, 0.717) is 13.1 Å². The molecule has 1 atom stereocenters. The lowest BCUT2D eigenvalue weighted by Crippen LogP contribution is -2.49. The molecule has 1 aromatic carbocycles. The third-order valence-corrected chi connectivity index (χ3v) is 3.48. The van der Waals surface area contributed by atoms with Gasteiger partial charge in [0, 0.05) is 13.1 Å². The highest BCUT2D eigenvalue weighted by Crippen LogP contribution is 2.18. The summed E-state index contributed by atoms with van der Waals surface area (Å²) in [5.41, 5.74) is 0.103. The first-order chi connectivity index (χ1) is 9.94. The number of likely N-dealkylation sites (tertiary alicyclic amines) is 1. The summed E-state index contributed by atoms with van der Waals surface area (Å²) in [7, 11) is 0. The average molecular weight is 290 g/mol. The number of nitrogens with zero attached hydrogens (tertiary/aromatic N) is 1. The van der Waals surface area contributed by atoms with Crippen LogP contribution in [0.2, 0.25) is 0 Å². The van der Waals surface area contributed by atoms with Crippen molar-refractivity contribution in [2.24, 2.45) is 5.41 Å². The number of para-hydroxylation sites is 1. The highest BCUT2D eigenvalue weighted by atomic mass is 16.5. The number of benzene rings is 1. The van der Waals surface area contributed by atoms with Crippen molar-refractivity contribution in [1.29, 1.82) is 0 Å². The molecule has 1 aliphatic rings. The zero-order valence-electron chi connectivity index (χ0n) is 13.3. The van der Waals surface area contributed by atoms with Crippen LogP contribution < -0.4 is 10.1 Å². The van der Waals surface area contributed by atoms with E-state index in [1.165, 1.54) is 0 Å². The van der Waals surface area contributed by atoms with Gasteiger partial charge in [0.1, 0.15) is 11.9 Å². The SMILES string of the molecule is CC(C)(C)CNC(=O)N1CCCC(Oc2ccccc2)C1. The first-order valence-electron chi connectivity index (χ1n) is 7.68. The molecule has 1 aliphatic heterocycles. The van der Waals surface area contributed by atoms with Gasteiger partial charge < -0.3 is 15.0 Å². The second-order valence-electron chi connectivity index (χ2n) is 6.86. The number of urea groups is 1. The Morgan fingerprint density at radius 2 is 2.05 bits per heavy atom. The molecule has 0 bridgehead atoms. The van der Waals surface area contributed by atoms with Gasteiger partial charge in [0.05, 0.1) is 6.54 Å². The molecule has 1 heterocycles. The monoisotopic (exact) mass is 290 g/mol. The summed E-state index contributed by atoms with van der Waals surface area (Å²) < 4.78 is 5.96. The van der Waals surface area contributed by atoms with Gasteiger partial charge >= 0.3 is 6.03 Å².